The Balaban J connectivity index is 1.95. The molecule has 1 aliphatic rings. The van der Waals surface area contributed by atoms with Crippen molar-refractivity contribution in [1.29, 1.82) is 0 Å². The molecule has 0 aliphatic carbocycles. The third-order valence-corrected chi connectivity index (χ3v) is 7.14. The molecule has 3 aromatic rings. The van der Waals surface area contributed by atoms with E-state index in [2.05, 4.69) is 37.9 Å². The van der Waals surface area contributed by atoms with E-state index in [-0.39, 0.29) is 11.0 Å². The Labute approximate surface area is 188 Å². The number of hydrogen-bond acceptors (Lipinski definition) is 6. The third kappa shape index (κ3) is 3.95. The topological polar surface area (TPSA) is 60.7 Å². The van der Waals surface area contributed by atoms with Crippen LogP contribution < -0.4 is 14.9 Å². The normalized spacial score (nSPS) is 16.8. The first-order chi connectivity index (χ1) is 14.7. The van der Waals surface area contributed by atoms with Gasteiger partial charge >= 0.3 is 5.97 Å². The number of esters is 1. The molecular formula is C24H24N2O3S2. The third-order valence-electron chi connectivity index (χ3n) is 5.34. The fourth-order valence-corrected chi connectivity index (χ4v) is 5.45. The van der Waals surface area contributed by atoms with E-state index in [4.69, 9.17) is 4.74 Å². The summed E-state index contributed by atoms with van der Waals surface area (Å²) in [6.07, 6.45) is 1.88. The van der Waals surface area contributed by atoms with E-state index in [1.165, 1.54) is 24.0 Å². The van der Waals surface area contributed by atoms with Crippen molar-refractivity contribution in [2.75, 3.05) is 7.11 Å². The SMILES string of the molecule is COC(=O)C1=C(C)N=c2s/c(=C\c3cccs3)c(=O)n2[C@@H]1c1ccc(C(C)(C)C)cc1. The summed E-state index contributed by atoms with van der Waals surface area (Å²) in [5.41, 5.74) is 2.84. The summed E-state index contributed by atoms with van der Waals surface area (Å²) in [6.45, 7) is 8.25. The number of fused-ring (bicyclic) bond motifs is 1. The number of rotatable bonds is 3. The summed E-state index contributed by atoms with van der Waals surface area (Å²) in [6, 6.07) is 11.4. The number of carbonyl (C=O) groups excluding carboxylic acids is 1. The van der Waals surface area contributed by atoms with Gasteiger partial charge < -0.3 is 4.74 Å². The molecule has 1 aromatic carbocycles. The fraction of sp³-hybridized carbons (Fsp3) is 0.292. The highest BCUT2D eigenvalue weighted by Gasteiger charge is 2.33. The van der Waals surface area contributed by atoms with Crippen molar-refractivity contribution in [3.8, 4) is 0 Å². The van der Waals surface area contributed by atoms with Crippen molar-refractivity contribution in [1.82, 2.24) is 4.57 Å². The van der Waals surface area contributed by atoms with Crippen molar-refractivity contribution in [3.63, 3.8) is 0 Å². The minimum atomic E-state index is -0.580. The molecule has 0 N–H and O–H groups in total. The quantitative estimate of drug-likeness (QED) is 0.569. The average molecular weight is 453 g/mol. The Morgan fingerprint density at radius 2 is 1.90 bits per heavy atom. The molecule has 2 aromatic heterocycles. The maximum absolute atomic E-state index is 13.4. The number of thiazole rings is 1. The van der Waals surface area contributed by atoms with Crippen molar-refractivity contribution in [2.45, 2.75) is 39.2 Å². The number of allylic oxidation sites excluding steroid dienone is 1. The number of nitrogens with zero attached hydrogens (tertiary/aromatic N) is 2. The summed E-state index contributed by atoms with van der Waals surface area (Å²) in [7, 11) is 1.35. The molecule has 3 heterocycles. The largest absolute Gasteiger partial charge is 0.466 e. The van der Waals surface area contributed by atoms with Gasteiger partial charge in [0.25, 0.3) is 5.56 Å². The van der Waals surface area contributed by atoms with E-state index in [9.17, 15) is 9.59 Å². The van der Waals surface area contributed by atoms with Gasteiger partial charge in [0.2, 0.25) is 0 Å². The van der Waals surface area contributed by atoms with Crippen LogP contribution in [0.5, 0.6) is 0 Å². The van der Waals surface area contributed by atoms with Crippen molar-refractivity contribution >= 4 is 34.7 Å². The zero-order chi connectivity index (χ0) is 22.3. The highest BCUT2D eigenvalue weighted by molar-refractivity contribution is 7.11. The Hall–Kier alpha value is -2.77. The molecule has 0 saturated heterocycles. The molecule has 0 fully saturated rings. The second-order valence-corrected chi connectivity index (χ2v) is 10.4. The summed E-state index contributed by atoms with van der Waals surface area (Å²) < 4.78 is 7.28. The van der Waals surface area contributed by atoms with Crippen LogP contribution >= 0.6 is 22.7 Å². The molecule has 160 valence electrons. The number of hydrogen-bond donors (Lipinski definition) is 0. The molecule has 7 heteroatoms. The number of methoxy groups -OCH3 is 1. The summed E-state index contributed by atoms with van der Waals surface area (Å²) in [5, 5.41) is 1.97. The second-order valence-electron chi connectivity index (χ2n) is 8.46. The minimum Gasteiger partial charge on any atom is -0.466 e. The van der Waals surface area contributed by atoms with Gasteiger partial charge in [-0.1, -0.05) is 62.4 Å². The first-order valence-electron chi connectivity index (χ1n) is 9.95. The standard InChI is InChI=1S/C24H24N2O3S2/c1-14-19(22(28)29-5)20(15-8-10-16(11-9-15)24(2,3)4)26-21(27)18(31-23(26)25-14)13-17-7-6-12-30-17/h6-13,20H,1-5H3/b18-13-/t20-/m1/s1. The Morgan fingerprint density at radius 1 is 1.19 bits per heavy atom. The van der Waals surface area contributed by atoms with Crippen LogP contribution in [-0.4, -0.2) is 17.6 Å². The molecule has 31 heavy (non-hydrogen) atoms. The molecule has 0 bridgehead atoms. The van der Waals surface area contributed by atoms with Gasteiger partial charge in [-0.2, -0.15) is 0 Å². The van der Waals surface area contributed by atoms with E-state index >= 15 is 0 Å². The van der Waals surface area contributed by atoms with Crippen LogP contribution in [0.2, 0.25) is 0 Å². The Kier molecular flexibility index (Phi) is 5.58. The number of aromatic nitrogens is 1. The molecule has 5 nitrogen and oxygen atoms in total. The number of thiophene rings is 1. The molecule has 0 radical (unpaired) electrons. The predicted molar refractivity (Wildman–Crippen MR) is 125 cm³/mol. The summed E-state index contributed by atoms with van der Waals surface area (Å²) >= 11 is 2.91. The van der Waals surface area contributed by atoms with Gasteiger partial charge in [-0.3, -0.25) is 9.36 Å². The lowest BCUT2D eigenvalue weighted by Gasteiger charge is -2.25. The second kappa shape index (κ2) is 8.05. The molecule has 0 amide bonds. The fourth-order valence-electron chi connectivity index (χ4n) is 3.68. The lowest BCUT2D eigenvalue weighted by Crippen LogP contribution is -2.39. The number of carbonyl (C=O) groups is 1. The Bertz CT molecular complexity index is 1340. The smallest absolute Gasteiger partial charge is 0.338 e. The average Bonchev–Trinajstić information content (AvgIpc) is 3.34. The van der Waals surface area contributed by atoms with Gasteiger partial charge in [0.15, 0.2) is 4.80 Å². The van der Waals surface area contributed by atoms with Gasteiger partial charge in [-0.15, -0.1) is 11.3 Å². The first kappa shape index (κ1) is 21.5. The van der Waals surface area contributed by atoms with Gasteiger partial charge in [0.1, 0.15) is 0 Å². The zero-order valence-corrected chi connectivity index (χ0v) is 19.8. The lowest BCUT2D eigenvalue weighted by atomic mass is 9.85. The van der Waals surface area contributed by atoms with Gasteiger partial charge in [0.05, 0.1) is 29.0 Å². The van der Waals surface area contributed by atoms with Crippen molar-refractivity contribution in [3.05, 3.63) is 88.7 Å². The monoisotopic (exact) mass is 452 g/mol. The van der Waals surface area contributed by atoms with Crippen LogP contribution in [0, 0.1) is 0 Å². The highest BCUT2D eigenvalue weighted by Crippen LogP contribution is 2.32. The maximum Gasteiger partial charge on any atom is 0.338 e. The zero-order valence-electron chi connectivity index (χ0n) is 18.1. The van der Waals surface area contributed by atoms with Gasteiger partial charge in [0, 0.05) is 4.88 Å². The van der Waals surface area contributed by atoms with Crippen LogP contribution in [0.15, 0.2) is 62.8 Å². The van der Waals surface area contributed by atoms with Crippen LogP contribution in [-0.2, 0) is 14.9 Å². The van der Waals surface area contributed by atoms with Crippen LogP contribution in [0.1, 0.15) is 49.7 Å². The summed E-state index contributed by atoms with van der Waals surface area (Å²) in [5.74, 6) is -0.473. The van der Waals surface area contributed by atoms with Gasteiger partial charge in [-0.25, -0.2) is 9.79 Å². The van der Waals surface area contributed by atoms with E-state index in [0.29, 0.717) is 20.6 Å². The van der Waals surface area contributed by atoms with Crippen molar-refractivity contribution < 1.29 is 9.53 Å². The van der Waals surface area contributed by atoms with Crippen molar-refractivity contribution in [2.24, 2.45) is 4.99 Å². The molecule has 4 rings (SSSR count). The Morgan fingerprint density at radius 3 is 2.48 bits per heavy atom. The maximum atomic E-state index is 13.4. The molecule has 0 saturated carbocycles. The number of benzene rings is 1. The van der Waals surface area contributed by atoms with E-state index in [0.717, 1.165) is 10.4 Å². The molecule has 0 unspecified atom stereocenters. The van der Waals surface area contributed by atoms with E-state index in [1.807, 2.05) is 35.7 Å². The van der Waals surface area contributed by atoms with Crippen LogP contribution in [0.25, 0.3) is 6.08 Å². The molecule has 1 aliphatic heterocycles. The van der Waals surface area contributed by atoms with Crippen LogP contribution in [0.3, 0.4) is 0 Å². The predicted octanol–water partition coefficient (Wildman–Crippen LogP) is 3.77. The molecule has 0 spiro atoms. The minimum absolute atomic E-state index is 0.00454. The van der Waals surface area contributed by atoms with E-state index < -0.39 is 12.0 Å². The van der Waals surface area contributed by atoms with E-state index in [1.54, 1.807) is 22.8 Å². The van der Waals surface area contributed by atoms with Gasteiger partial charge in [-0.05, 0) is 41.0 Å². The number of ether oxygens (including phenoxy) is 1. The first-order valence-corrected chi connectivity index (χ1v) is 11.6. The molecular weight excluding hydrogens is 428 g/mol. The highest BCUT2D eigenvalue weighted by atomic mass is 32.1. The molecule has 1 atom stereocenters. The van der Waals surface area contributed by atoms with Crippen LogP contribution in [0.4, 0.5) is 0 Å². The lowest BCUT2D eigenvalue weighted by molar-refractivity contribution is -0.136. The summed E-state index contributed by atoms with van der Waals surface area (Å²) in [4.78, 5) is 32.3.